The maximum absolute atomic E-state index is 12.6. The van der Waals surface area contributed by atoms with Crippen molar-refractivity contribution in [3.63, 3.8) is 0 Å². The van der Waals surface area contributed by atoms with Crippen molar-refractivity contribution in [1.82, 2.24) is 9.88 Å². The van der Waals surface area contributed by atoms with Gasteiger partial charge in [-0.1, -0.05) is 18.2 Å². The molecule has 30 heavy (non-hydrogen) atoms. The Morgan fingerprint density at radius 1 is 1.00 bits per heavy atom. The van der Waals surface area contributed by atoms with E-state index >= 15 is 0 Å². The van der Waals surface area contributed by atoms with Crippen LogP contribution in [0.4, 0.5) is 5.69 Å². The molecule has 0 aliphatic carbocycles. The van der Waals surface area contributed by atoms with E-state index in [-0.39, 0.29) is 5.91 Å². The third kappa shape index (κ3) is 4.46. The summed E-state index contributed by atoms with van der Waals surface area (Å²) in [6, 6.07) is 14.0. The van der Waals surface area contributed by atoms with Crippen LogP contribution in [0.2, 0.25) is 0 Å². The van der Waals surface area contributed by atoms with Crippen LogP contribution in [0.25, 0.3) is 10.9 Å². The number of nitrogens with one attached hydrogen (secondary N) is 1. The van der Waals surface area contributed by atoms with Gasteiger partial charge in [0.2, 0.25) is 0 Å². The van der Waals surface area contributed by atoms with Crippen LogP contribution in [0, 0.1) is 13.8 Å². The van der Waals surface area contributed by atoms with Crippen molar-refractivity contribution in [2.75, 3.05) is 26.0 Å². The van der Waals surface area contributed by atoms with Gasteiger partial charge in [0, 0.05) is 30.7 Å². The number of amides is 2. The molecule has 0 bridgehead atoms. The molecular formula is C23H23N3O4. The molecule has 3 rings (SSSR count). The number of rotatable bonds is 5. The second kappa shape index (κ2) is 8.73. The molecule has 0 radical (unpaired) electrons. The molecular weight excluding hydrogens is 382 g/mol. The minimum Gasteiger partial charge on any atom is -0.452 e. The van der Waals surface area contributed by atoms with E-state index in [1.807, 2.05) is 31.2 Å². The first-order valence-corrected chi connectivity index (χ1v) is 9.42. The van der Waals surface area contributed by atoms with Gasteiger partial charge < -0.3 is 15.0 Å². The van der Waals surface area contributed by atoms with Gasteiger partial charge in [0.1, 0.15) is 0 Å². The molecule has 1 aromatic heterocycles. The Morgan fingerprint density at radius 2 is 1.67 bits per heavy atom. The molecule has 0 aliphatic heterocycles. The highest BCUT2D eigenvalue weighted by molar-refractivity contribution is 6.00. The summed E-state index contributed by atoms with van der Waals surface area (Å²) in [6.45, 7) is 3.15. The Bertz CT molecular complexity index is 1120. The second-order valence-electron chi connectivity index (χ2n) is 7.12. The summed E-state index contributed by atoms with van der Waals surface area (Å²) in [6.07, 6.45) is 0. The fourth-order valence-corrected chi connectivity index (χ4v) is 3.19. The van der Waals surface area contributed by atoms with Gasteiger partial charge in [0.05, 0.1) is 16.8 Å². The van der Waals surface area contributed by atoms with Crippen LogP contribution in [0.5, 0.6) is 0 Å². The molecule has 0 aliphatic rings. The second-order valence-corrected chi connectivity index (χ2v) is 7.12. The first kappa shape index (κ1) is 21.0. The van der Waals surface area contributed by atoms with Gasteiger partial charge in [-0.05, 0) is 49.7 Å². The first-order valence-electron chi connectivity index (χ1n) is 9.42. The molecule has 1 heterocycles. The van der Waals surface area contributed by atoms with Crippen molar-refractivity contribution in [2.24, 2.45) is 0 Å². The minimum atomic E-state index is -0.592. The molecule has 0 saturated heterocycles. The Hall–Kier alpha value is -3.74. The zero-order chi connectivity index (χ0) is 21.8. The minimum absolute atomic E-state index is 0.128. The predicted molar refractivity (Wildman–Crippen MR) is 115 cm³/mol. The summed E-state index contributed by atoms with van der Waals surface area (Å²) in [5.41, 5.74) is 3.51. The van der Waals surface area contributed by atoms with Crippen LogP contribution in [-0.2, 0) is 9.53 Å². The fourth-order valence-electron chi connectivity index (χ4n) is 3.19. The van der Waals surface area contributed by atoms with Crippen molar-refractivity contribution in [1.29, 1.82) is 0 Å². The molecule has 0 saturated carbocycles. The Morgan fingerprint density at radius 3 is 2.33 bits per heavy atom. The highest BCUT2D eigenvalue weighted by Crippen LogP contribution is 2.23. The van der Waals surface area contributed by atoms with Crippen molar-refractivity contribution < 1.29 is 19.1 Å². The molecule has 3 aromatic rings. The number of hydrogen-bond donors (Lipinski definition) is 1. The van der Waals surface area contributed by atoms with E-state index in [9.17, 15) is 14.4 Å². The zero-order valence-corrected chi connectivity index (χ0v) is 17.4. The van der Waals surface area contributed by atoms with E-state index in [4.69, 9.17) is 4.74 Å². The fraction of sp³-hybridized carbons (Fsp3) is 0.217. The lowest BCUT2D eigenvalue weighted by Crippen LogP contribution is -2.23. The maximum atomic E-state index is 12.6. The normalized spacial score (nSPS) is 10.5. The number of aromatic nitrogens is 1. The largest absolute Gasteiger partial charge is 0.452 e. The van der Waals surface area contributed by atoms with E-state index < -0.39 is 18.5 Å². The summed E-state index contributed by atoms with van der Waals surface area (Å²) < 4.78 is 5.21. The van der Waals surface area contributed by atoms with Crippen LogP contribution >= 0.6 is 0 Å². The Kier molecular flexibility index (Phi) is 6.11. The molecule has 7 heteroatoms. The van der Waals surface area contributed by atoms with Crippen molar-refractivity contribution >= 4 is 34.4 Å². The predicted octanol–water partition coefficient (Wildman–Crippen LogP) is 3.35. The summed E-state index contributed by atoms with van der Waals surface area (Å²) in [5, 5.41) is 3.51. The van der Waals surface area contributed by atoms with Crippen molar-refractivity contribution in [3.8, 4) is 0 Å². The number of anilines is 1. The smallest absolute Gasteiger partial charge is 0.340 e. The number of aryl methyl sites for hydroxylation is 2. The number of para-hydroxylation sites is 1. The lowest BCUT2D eigenvalue weighted by Gasteiger charge is -2.12. The molecule has 2 aromatic carbocycles. The first-order chi connectivity index (χ1) is 14.3. The SMILES string of the molecule is Cc1nc2ccccc2c(C)c1C(=O)OCC(=O)Nc1ccc(C(=O)N(C)C)cc1. The highest BCUT2D eigenvalue weighted by atomic mass is 16.5. The van der Waals surface area contributed by atoms with Crippen LogP contribution in [-0.4, -0.2) is 48.4 Å². The quantitative estimate of drug-likeness (QED) is 0.658. The van der Waals surface area contributed by atoms with Gasteiger partial charge in [0.15, 0.2) is 6.61 Å². The maximum Gasteiger partial charge on any atom is 0.340 e. The summed E-state index contributed by atoms with van der Waals surface area (Å²) >= 11 is 0. The van der Waals surface area contributed by atoms with Crippen LogP contribution in [0.15, 0.2) is 48.5 Å². The van der Waals surface area contributed by atoms with Crippen LogP contribution in [0.1, 0.15) is 32.0 Å². The number of nitrogens with zero attached hydrogens (tertiary/aromatic N) is 2. The Labute approximate surface area is 174 Å². The van der Waals surface area contributed by atoms with Gasteiger partial charge in [-0.3, -0.25) is 14.6 Å². The molecule has 0 atom stereocenters. The molecule has 0 unspecified atom stereocenters. The van der Waals surface area contributed by atoms with Crippen LogP contribution < -0.4 is 5.32 Å². The van der Waals surface area contributed by atoms with Gasteiger partial charge in [-0.15, -0.1) is 0 Å². The van der Waals surface area contributed by atoms with E-state index in [0.717, 1.165) is 16.5 Å². The number of fused-ring (bicyclic) bond motifs is 1. The van der Waals surface area contributed by atoms with Gasteiger partial charge >= 0.3 is 5.97 Å². The molecule has 0 fully saturated rings. The number of hydrogen-bond acceptors (Lipinski definition) is 5. The molecule has 2 amide bonds. The molecule has 0 spiro atoms. The number of pyridine rings is 1. The standard InChI is InChI=1S/C23H23N3O4/c1-14-18-7-5-6-8-19(18)24-15(2)21(14)23(29)30-13-20(27)25-17-11-9-16(10-12-17)22(28)26(3)4/h5-12H,13H2,1-4H3,(H,25,27). The monoisotopic (exact) mass is 405 g/mol. The average Bonchev–Trinajstić information content (AvgIpc) is 2.72. The van der Waals surface area contributed by atoms with E-state index in [1.54, 1.807) is 45.3 Å². The van der Waals surface area contributed by atoms with E-state index in [1.165, 1.54) is 4.90 Å². The van der Waals surface area contributed by atoms with Crippen molar-refractivity contribution in [3.05, 3.63) is 70.9 Å². The number of benzene rings is 2. The van der Waals surface area contributed by atoms with E-state index in [0.29, 0.717) is 22.5 Å². The molecule has 1 N–H and O–H groups in total. The zero-order valence-electron chi connectivity index (χ0n) is 17.4. The summed E-state index contributed by atoms with van der Waals surface area (Å²) in [7, 11) is 3.34. The Balaban J connectivity index is 1.64. The lowest BCUT2D eigenvalue weighted by molar-refractivity contribution is -0.119. The lowest BCUT2D eigenvalue weighted by atomic mass is 10.0. The highest BCUT2D eigenvalue weighted by Gasteiger charge is 2.19. The number of carbonyl (C=O) groups is 3. The number of ether oxygens (including phenoxy) is 1. The third-order valence-electron chi connectivity index (χ3n) is 4.69. The third-order valence-corrected chi connectivity index (χ3v) is 4.69. The van der Waals surface area contributed by atoms with E-state index in [2.05, 4.69) is 10.3 Å². The summed E-state index contributed by atoms with van der Waals surface area (Å²) in [4.78, 5) is 42.6. The van der Waals surface area contributed by atoms with Gasteiger partial charge in [0.25, 0.3) is 11.8 Å². The van der Waals surface area contributed by atoms with Crippen molar-refractivity contribution in [2.45, 2.75) is 13.8 Å². The molecule has 154 valence electrons. The number of carbonyl (C=O) groups excluding carboxylic acids is 3. The van der Waals surface area contributed by atoms with Gasteiger partial charge in [-0.25, -0.2) is 4.79 Å². The van der Waals surface area contributed by atoms with Gasteiger partial charge in [-0.2, -0.15) is 0 Å². The van der Waals surface area contributed by atoms with Crippen LogP contribution in [0.3, 0.4) is 0 Å². The topological polar surface area (TPSA) is 88.6 Å². The molecule has 7 nitrogen and oxygen atoms in total. The summed E-state index contributed by atoms with van der Waals surface area (Å²) in [5.74, 6) is -1.19. The number of esters is 1. The average molecular weight is 405 g/mol.